The van der Waals surface area contributed by atoms with Gasteiger partial charge in [0.15, 0.2) is 5.69 Å². The van der Waals surface area contributed by atoms with E-state index in [2.05, 4.69) is 11.7 Å². The summed E-state index contributed by atoms with van der Waals surface area (Å²) in [5.41, 5.74) is 2.33. The monoisotopic (exact) mass is 327 g/mol. The molecule has 0 saturated carbocycles. The lowest BCUT2D eigenvalue weighted by atomic mass is 10.1. The predicted octanol–water partition coefficient (Wildman–Crippen LogP) is 1.89. The first kappa shape index (κ1) is 16.4. The van der Waals surface area contributed by atoms with Crippen LogP contribution < -0.4 is 0 Å². The normalized spacial score (nSPS) is 13.6. The highest BCUT2D eigenvalue weighted by Crippen LogP contribution is 2.24. The summed E-state index contributed by atoms with van der Waals surface area (Å²) in [5, 5.41) is 13.6. The summed E-state index contributed by atoms with van der Waals surface area (Å²) in [6.45, 7) is 6.56. The fourth-order valence-electron chi connectivity index (χ4n) is 2.39. The molecule has 0 saturated heterocycles. The number of nitrogens with zero attached hydrogens (tertiary/aromatic N) is 3. The molecule has 0 atom stereocenters. The summed E-state index contributed by atoms with van der Waals surface area (Å²) < 4.78 is 6.59. The molecule has 1 aliphatic heterocycles. The van der Waals surface area contributed by atoms with Gasteiger partial charge in [0.1, 0.15) is 0 Å². The van der Waals surface area contributed by atoms with Crippen LogP contribution >= 0.6 is 11.6 Å². The molecule has 1 aromatic rings. The van der Waals surface area contributed by atoms with Crippen molar-refractivity contribution in [2.45, 2.75) is 26.4 Å². The molecule has 7 nitrogen and oxygen atoms in total. The summed E-state index contributed by atoms with van der Waals surface area (Å²) in [4.78, 5) is 24.6. The molecular weight excluding hydrogens is 310 g/mol. The largest absolute Gasteiger partial charge is 0.465 e. The van der Waals surface area contributed by atoms with Gasteiger partial charge >= 0.3 is 12.1 Å². The molecule has 1 aromatic heterocycles. The Morgan fingerprint density at radius 2 is 2.23 bits per heavy atom. The molecule has 0 bridgehead atoms. The van der Waals surface area contributed by atoms with Crippen LogP contribution in [0.4, 0.5) is 4.79 Å². The van der Waals surface area contributed by atoms with Gasteiger partial charge in [-0.3, -0.25) is 4.68 Å². The molecule has 0 aromatic carbocycles. The standard InChI is InChI=1S/C14H18ClN3O4/c1-3-22-13(19)12-10-8-17(14(20)21)5-4-11(10)16-18(12)7-9(2)6-15/h2-8H2,1H3,(H,20,21). The number of amides is 1. The molecule has 0 radical (unpaired) electrons. The van der Waals surface area contributed by atoms with Gasteiger partial charge < -0.3 is 14.7 Å². The van der Waals surface area contributed by atoms with E-state index in [1.54, 1.807) is 6.92 Å². The van der Waals surface area contributed by atoms with Crippen molar-refractivity contribution < 1.29 is 19.4 Å². The summed E-state index contributed by atoms with van der Waals surface area (Å²) in [6.07, 6.45) is -0.549. The number of alkyl halides is 1. The number of carboxylic acid groups (broad SMARTS) is 1. The Labute approximate surface area is 133 Å². The average Bonchev–Trinajstić information content (AvgIpc) is 2.83. The van der Waals surface area contributed by atoms with Crippen LogP contribution in [0.3, 0.4) is 0 Å². The van der Waals surface area contributed by atoms with Crippen LogP contribution in [0, 0.1) is 0 Å². The van der Waals surface area contributed by atoms with Crippen molar-refractivity contribution in [3.05, 3.63) is 29.1 Å². The highest BCUT2D eigenvalue weighted by Gasteiger charge is 2.30. The van der Waals surface area contributed by atoms with Crippen molar-refractivity contribution in [2.75, 3.05) is 19.0 Å². The number of hydrogen-bond acceptors (Lipinski definition) is 4. The lowest BCUT2D eigenvalue weighted by Crippen LogP contribution is -2.35. The third-order valence-electron chi connectivity index (χ3n) is 3.40. The van der Waals surface area contributed by atoms with Gasteiger partial charge in [-0.05, 0) is 12.5 Å². The smallest absolute Gasteiger partial charge is 0.407 e. The Hall–Kier alpha value is -2.02. The van der Waals surface area contributed by atoms with Crippen molar-refractivity contribution in [3.8, 4) is 0 Å². The van der Waals surface area contributed by atoms with E-state index < -0.39 is 12.1 Å². The van der Waals surface area contributed by atoms with Crippen LogP contribution in [0.2, 0.25) is 0 Å². The molecule has 2 rings (SSSR count). The Kier molecular flexibility index (Phi) is 5.07. The van der Waals surface area contributed by atoms with Crippen LogP contribution in [0.25, 0.3) is 0 Å². The molecule has 1 aliphatic rings. The second-order valence-corrected chi connectivity index (χ2v) is 5.26. The molecule has 0 aliphatic carbocycles. The van der Waals surface area contributed by atoms with Crippen LogP contribution in [0.15, 0.2) is 12.2 Å². The lowest BCUT2D eigenvalue weighted by molar-refractivity contribution is 0.0509. The number of aromatic nitrogens is 2. The van der Waals surface area contributed by atoms with E-state index in [1.165, 1.54) is 9.58 Å². The SMILES string of the molecule is C=C(CCl)Cn1nc2c(c1C(=O)OCC)CN(C(=O)O)CC2. The summed E-state index contributed by atoms with van der Waals surface area (Å²) in [5.74, 6) is -0.250. The van der Waals surface area contributed by atoms with Crippen molar-refractivity contribution in [1.29, 1.82) is 0 Å². The van der Waals surface area contributed by atoms with E-state index in [0.717, 1.165) is 5.69 Å². The Morgan fingerprint density at radius 1 is 1.50 bits per heavy atom. The fraction of sp³-hybridized carbons (Fsp3) is 0.500. The number of fused-ring (bicyclic) bond motifs is 1. The van der Waals surface area contributed by atoms with Gasteiger partial charge in [0, 0.05) is 24.4 Å². The molecular formula is C14H18ClN3O4. The van der Waals surface area contributed by atoms with Crippen molar-refractivity contribution >= 4 is 23.7 Å². The maximum atomic E-state index is 12.2. The predicted molar refractivity (Wildman–Crippen MR) is 80.2 cm³/mol. The quantitative estimate of drug-likeness (QED) is 0.507. The number of ether oxygens (including phenoxy) is 1. The van der Waals surface area contributed by atoms with Crippen molar-refractivity contribution in [1.82, 2.24) is 14.7 Å². The highest BCUT2D eigenvalue weighted by atomic mass is 35.5. The molecule has 8 heteroatoms. The zero-order valence-electron chi connectivity index (χ0n) is 12.3. The molecule has 22 heavy (non-hydrogen) atoms. The lowest BCUT2D eigenvalue weighted by Gasteiger charge is -2.23. The van der Waals surface area contributed by atoms with E-state index in [4.69, 9.17) is 21.4 Å². The Morgan fingerprint density at radius 3 is 2.82 bits per heavy atom. The van der Waals surface area contributed by atoms with Gasteiger partial charge in [0.2, 0.25) is 0 Å². The van der Waals surface area contributed by atoms with Crippen LogP contribution in [0.5, 0.6) is 0 Å². The molecule has 0 unspecified atom stereocenters. The maximum absolute atomic E-state index is 12.2. The van der Waals surface area contributed by atoms with Crippen molar-refractivity contribution in [2.24, 2.45) is 0 Å². The Bertz CT molecular complexity index is 611. The second kappa shape index (κ2) is 6.83. The van der Waals surface area contributed by atoms with E-state index in [0.29, 0.717) is 30.6 Å². The summed E-state index contributed by atoms with van der Waals surface area (Å²) >= 11 is 5.74. The fourth-order valence-corrected chi connectivity index (χ4v) is 2.47. The van der Waals surface area contributed by atoms with E-state index in [-0.39, 0.29) is 24.7 Å². The first-order valence-corrected chi connectivity index (χ1v) is 7.47. The third-order valence-corrected chi connectivity index (χ3v) is 3.78. The van der Waals surface area contributed by atoms with Crippen LogP contribution in [0.1, 0.15) is 28.7 Å². The number of rotatable bonds is 5. The zero-order valence-corrected chi connectivity index (χ0v) is 13.1. The minimum atomic E-state index is -1.02. The van der Waals surface area contributed by atoms with Crippen LogP contribution in [-0.2, 0) is 24.2 Å². The topological polar surface area (TPSA) is 84.7 Å². The molecule has 0 spiro atoms. The van der Waals surface area contributed by atoms with E-state index >= 15 is 0 Å². The van der Waals surface area contributed by atoms with E-state index in [1.807, 2.05) is 0 Å². The van der Waals surface area contributed by atoms with Gasteiger partial charge in [-0.15, -0.1) is 11.6 Å². The number of carbonyl (C=O) groups is 2. The van der Waals surface area contributed by atoms with Gasteiger partial charge in [-0.25, -0.2) is 9.59 Å². The number of allylic oxidation sites excluding steroid dienone is 1. The van der Waals surface area contributed by atoms with Gasteiger partial charge in [0.05, 0.1) is 25.4 Å². The molecule has 2 heterocycles. The third kappa shape index (κ3) is 3.24. The second-order valence-electron chi connectivity index (χ2n) is 4.99. The molecule has 1 amide bonds. The van der Waals surface area contributed by atoms with Gasteiger partial charge in [-0.2, -0.15) is 5.10 Å². The highest BCUT2D eigenvalue weighted by molar-refractivity contribution is 6.19. The van der Waals surface area contributed by atoms with Gasteiger partial charge in [-0.1, -0.05) is 6.58 Å². The average molecular weight is 328 g/mol. The summed E-state index contributed by atoms with van der Waals surface area (Å²) in [7, 11) is 0. The summed E-state index contributed by atoms with van der Waals surface area (Å²) in [6, 6.07) is 0. The van der Waals surface area contributed by atoms with Crippen molar-refractivity contribution in [3.63, 3.8) is 0 Å². The Balaban J connectivity index is 2.41. The molecule has 1 N–H and O–H groups in total. The molecule has 0 fully saturated rings. The maximum Gasteiger partial charge on any atom is 0.407 e. The minimum absolute atomic E-state index is 0.131. The number of carbonyl (C=O) groups excluding carboxylic acids is 1. The van der Waals surface area contributed by atoms with Crippen LogP contribution in [-0.4, -0.2) is 50.9 Å². The zero-order chi connectivity index (χ0) is 16.3. The first-order valence-electron chi connectivity index (χ1n) is 6.94. The molecule has 120 valence electrons. The van der Waals surface area contributed by atoms with Gasteiger partial charge in [0.25, 0.3) is 0 Å². The number of hydrogen-bond donors (Lipinski definition) is 1. The minimum Gasteiger partial charge on any atom is -0.465 e. The number of halogens is 1. The first-order chi connectivity index (χ1) is 10.5. The number of esters is 1. The van der Waals surface area contributed by atoms with E-state index in [9.17, 15) is 9.59 Å².